The van der Waals surface area contributed by atoms with Crippen LogP contribution in [0.3, 0.4) is 0 Å². The van der Waals surface area contributed by atoms with Gasteiger partial charge in [0.05, 0.1) is 21.1 Å². The largest absolute Gasteiger partial charge is 0.325 e. The first kappa shape index (κ1) is 14.8. The number of allylic oxidation sites excluding steroid dienone is 1. The Kier molecular flexibility index (Phi) is 4.46. The van der Waals surface area contributed by atoms with Crippen LogP contribution < -0.4 is 0 Å². The number of nitrogens with zero attached hydrogens (tertiary/aromatic N) is 1. The van der Waals surface area contributed by atoms with Gasteiger partial charge in [-0.05, 0) is 49.5 Å². The van der Waals surface area contributed by atoms with E-state index in [-0.39, 0.29) is 0 Å². The van der Waals surface area contributed by atoms with Crippen molar-refractivity contribution in [2.75, 3.05) is 21.1 Å². The Morgan fingerprint density at radius 1 is 1.18 bits per heavy atom. The highest BCUT2D eigenvalue weighted by Gasteiger charge is 2.30. The summed E-state index contributed by atoms with van der Waals surface area (Å²) in [6.07, 6.45) is 9.05. The Bertz CT molecular complexity index is 270. The minimum absolute atomic E-state index is 0.534. The molecule has 1 saturated carbocycles. The fraction of sp³-hybridized carbons (Fsp3) is 0.875. The first-order valence-electron chi connectivity index (χ1n) is 7.09. The molecule has 1 aliphatic rings. The van der Waals surface area contributed by atoms with Crippen molar-refractivity contribution >= 4 is 0 Å². The van der Waals surface area contributed by atoms with Crippen molar-refractivity contribution < 1.29 is 4.48 Å². The fourth-order valence-corrected chi connectivity index (χ4v) is 3.14. The maximum Gasteiger partial charge on any atom is 0.104 e. The molecule has 3 atom stereocenters. The van der Waals surface area contributed by atoms with Crippen molar-refractivity contribution in [2.24, 2.45) is 17.3 Å². The highest BCUT2D eigenvalue weighted by atomic mass is 15.3. The zero-order chi connectivity index (χ0) is 13.3. The number of rotatable bonds is 3. The third-order valence-electron chi connectivity index (χ3n) is 4.30. The molecule has 1 fully saturated rings. The van der Waals surface area contributed by atoms with E-state index in [0.29, 0.717) is 11.5 Å². The summed E-state index contributed by atoms with van der Waals surface area (Å²) in [5, 5.41) is 0. The number of quaternary nitrogens is 1. The third-order valence-corrected chi connectivity index (χ3v) is 4.30. The summed E-state index contributed by atoms with van der Waals surface area (Å²) in [6.45, 7) is 9.57. The molecule has 0 aromatic heterocycles. The second-order valence-electron chi connectivity index (χ2n) is 7.92. The number of likely N-dealkylation sites (N-methyl/N-ethyl adjacent to an activating group) is 1. The van der Waals surface area contributed by atoms with Crippen LogP contribution in [0.4, 0.5) is 0 Å². The van der Waals surface area contributed by atoms with Crippen molar-refractivity contribution in [3.8, 4) is 0 Å². The average Bonchev–Trinajstić information content (AvgIpc) is 2.09. The van der Waals surface area contributed by atoms with Crippen molar-refractivity contribution in [1.82, 2.24) is 0 Å². The van der Waals surface area contributed by atoms with Crippen molar-refractivity contribution in [1.29, 1.82) is 0 Å². The van der Waals surface area contributed by atoms with Crippen LogP contribution >= 0.6 is 0 Å². The van der Waals surface area contributed by atoms with E-state index in [0.717, 1.165) is 16.3 Å². The molecule has 0 N–H and O–H groups in total. The lowest BCUT2D eigenvalue weighted by Gasteiger charge is -2.38. The lowest BCUT2D eigenvalue weighted by Crippen LogP contribution is -2.42. The second-order valence-corrected chi connectivity index (χ2v) is 7.92. The van der Waals surface area contributed by atoms with Gasteiger partial charge in [-0.25, -0.2) is 0 Å². The van der Waals surface area contributed by atoms with Crippen LogP contribution in [0.15, 0.2) is 12.2 Å². The smallest absolute Gasteiger partial charge is 0.104 e. The molecular formula is C16H32N+. The monoisotopic (exact) mass is 238 g/mol. The summed E-state index contributed by atoms with van der Waals surface area (Å²) in [5.74, 6) is 1.68. The minimum atomic E-state index is 0.534. The summed E-state index contributed by atoms with van der Waals surface area (Å²) in [6, 6.07) is 0.607. The lowest BCUT2D eigenvalue weighted by atomic mass is 9.68. The number of hydrogen-bond acceptors (Lipinski definition) is 0. The first-order chi connectivity index (χ1) is 7.60. The normalized spacial score (nSPS) is 31.7. The van der Waals surface area contributed by atoms with E-state index in [1.54, 1.807) is 0 Å². The molecule has 0 spiro atoms. The summed E-state index contributed by atoms with van der Waals surface area (Å²) < 4.78 is 1.02. The molecule has 0 aliphatic heterocycles. The number of hydrogen-bond donors (Lipinski definition) is 0. The van der Waals surface area contributed by atoms with Crippen LogP contribution in [0.5, 0.6) is 0 Å². The Balaban J connectivity index is 2.60. The third kappa shape index (κ3) is 4.83. The molecule has 1 nitrogen and oxygen atoms in total. The van der Waals surface area contributed by atoms with Crippen LogP contribution in [0, 0.1) is 17.3 Å². The molecule has 1 heteroatoms. The zero-order valence-corrected chi connectivity index (χ0v) is 13.0. The van der Waals surface area contributed by atoms with Crippen molar-refractivity contribution in [3.05, 3.63) is 12.2 Å². The van der Waals surface area contributed by atoms with Crippen LogP contribution in [0.1, 0.15) is 47.0 Å². The molecule has 17 heavy (non-hydrogen) atoms. The van der Waals surface area contributed by atoms with Crippen LogP contribution in [0.2, 0.25) is 0 Å². The average molecular weight is 238 g/mol. The van der Waals surface area contributed by atoms with Gasteiger partial charge < -0.3 is 4.48 Å². The van der Waals surface area contributed by atoms with E-state index in [1.807, 2.05) is 0 Å². The quantitative estimate of drug-likeness (QED) is 0.513. The maximum absolute atomic E-state index is 2.49. The topological polar surface area (TPSA) is 0 Å². The summed E-state index contributed by atoms with van der Waals surface area (Å²) in [5.41, 5.74) is 0.534. The predicted octanol–water partition coefficient (Wildman–Crippen LogP) is 4.10. The molecular weight excluding hydrogens is 206 g/mol. The molecule has 0 radical (unpaired) electrons. The standard InChI is InChI=1S/C16H32N/c1-13-10-15(12-16(3,4)11-13)9-8-14(2)17(5,6)7/h8-9,13-15H,10-12H2,1-7H3/q+1. The van der Waals surface area contributed by atoms with Crippen molar-refractivity contribution in [3.63, 3.8) is 0 Å². The van der Waals surface area contributed by atoms with Crippen LogP contribution in [-0.2, 0) is 0 Å². The van der Waals surface area contributed by atoms with Gasteiger partial charge in [-0.3, -0.25) is 0 Å². The van der Waals surface area contributed by atoms with Crippen LogP contribution in [0.25, 0.3) is 0 Å². The fourth-order valence-electron chi connectivity index (χ4n) is 3.14. The zero-order valence-electron chi connectivity index (χ0n) is 13.0. The van der Waals surface area contributed by atoms with E-state index in [4.69, 9.17) is 0 Å². The molecule has 0 saturated heterocycles. The van der Waals surface area contributed by atoms with Gasteiger partial charge in [0.25, 0.3) is 0 Å². The van der Waals surface area contributed by atoms with Gasteiger partial charge in [-0.1, -0.05) is 26.8 Å². The van der Waals surface area contributed by atoms with E-state index in [2.05, 4.69) is 61.0 Å². The van der Waals surface area contributed by atoms with Crippen LogP contribution in [-0.4, -0.2) is 31.7 Å². The van der Waals surface area contributed by atoms with Crippen molar-refractivity contribution in [2.45, 2.75) is 53.0 Å². The van der Waals surface area contributed by atoms with Gasteiger partial charge in [-0.2, -0.15) is 0 Å². The second kappa shape index (κ2) is 5.14. The van der Waals surface area contributed by atoms with E-state index < -0.39 is 0 Å². The van der Waals surface area contributed by atoms with Gasteiger partial charge in [0, 0.05) is 0 Å². The van der Waals surface area contributed by atoms with Gasteiger partial charge in [0.1, 0.15) is 6.04 Å². The molecule has 0 aromatic rings. The lowest BCUT2D eigenvalue weighted by molar-refractivity contribution is -0.887. The molecule has 100 valence electrons. The van der Waals surface area contributed by atoms with Gasteiger partial charge in [0.15, 0.2) is 0 Å². The van der Waals surface area contributed by atoms with Gasteiger partial charge >= 0.3 is 0 Å². The molecule has 0 heterocycles. The molecule has 1 rings (SSSR count). The highest BCUT2D eigenvalue weighted by Crippen LogP contribution is 2.42. The van der Waals surface area contributed by atoms with E-state index in [9.17, 15) is 0 Å². The summed E-state index contributed by atoms with van der Waals surface area (Å²) in [7, 11) is 6.80. The Hall–Kier alpha value is -0.300. The minimum Gasteiger partial charge on any atom is -0.325 e. The highest BCUT2D eigenvalue weighted by molar-refractivity contribution is 4.97. The molecule has 0 aromatic carbocycles. The molecule has 3 unspecified atom stereocenters. The molecule has 0 amide bonds. The molecule has 0 bridgehead atoms. The van der Waals surface area contributed by atoms with Gasteiger partial charge in [0.2, 0.25) is 0 Å². The summed E-state index contributed by atoms with van der Waals surface area (Å²) >= 11 is 0. The Morgan fingerprint density at radius 2 is 1.76 bits per heavy atom. The summed E-state index contributed by atoms with van der Waals surface area (Å²) in [4.78, 5) is 0. The van der Waals surface area contributed by atoms with E-state index >= 15 is 0 Å². The Labute approximate surface area is 108 Å². The SMILES string of the molecule is CC1CC(C=CC(C)[N+](C)(C)C)CC(C)(C)C1. The van der Waals surface area contributed by atoms with Gasteiger partial charge in [-0.15, -0.1) is 0 Å². The first-order valence-corrected chi connectivity index (χ1v) is 7.09. The molecule has 1 aliphatic carbocycles. The maximum atomic E-state index is 2.49. The predicted molar refractivity (Wildman–Crippen MR) is 76.9 cm³/mol. The van der Waals surface area contributed by atoms with E-state index in [1.165, 1.54) is 19.3 Å². The Morgan fingerprint density at radius 3 is 2.24 bits per heavy atom.